The maximum Gasteiger partial charge on any atom is 0.164 e. The Balaban J connectivity index is 1.16. The summed E-state index contributed by atoms with van der Waals surface area (Å²) in [6.07, 6.45) is 0. The fourth-order valence-electron chi connectivity index (χ4n) is 6.41. The lowest BCUT2D eigenvalue weighted by Gasteiger charge is -2.11. The van der Waals surface area contributed by atoms with E-state index in [1.165, 1.54) is 42.1 Å². The van der Waals surface area contributed by atoms with Gasteiger partial charge in [0, 0.05) is 42.2 Å². The van der Waals surface area contributed by atoms with Crippen LogP contribution < -0.4 is 0 Å². The molecule has 0 N–H and O–H groups in total. The van der Waals surface area contributed by atoms with Gasteiger partial charge in [-0.2, -0.15) is 0 Å². The SMILES string of the molecule is c1ccc(-c2ccc(-c3nc(-c4ccccc4)nc(-c4cccc(-c5cccc6c5ccc5c7ccccc7sc65)c4)n3)cc2)cc1. The number of hydrogen-bond donors (Lipinski definition) is 0. The first kappa shape index (κ1) is 27.3. The molecule has 0 saturated heterocycles. The zero-order chi connectivity index (χ0) is 31.2. The number of thiophene rings is 1. The number of nitrogens with zero attached hydrogens (tertiary/aromatic N) is 3. The molecule has 2 aromatic heterocycles. The fraction of sp³-hybridized carbons (Fsp3) is 0. The Labute approximate surface area is 276 Å². The van der Waals surface area contributed by atoms with Gasteiger partial charge in [-0.1, -0.05) is 152 Å². The van der Waals surface area contributed by atoms with Gasteiger partial charge in [0.1, 0.15) is 0 Å². The highest BCUT2D eigenvalue weighted by Gasteiger charge is 2.15. The normalized spacial score (nSPS) is 11.4. The molecule has 2 heterocycles. The van der Waals surface area contributed by atoms with Crippen molar-refractivity contribution in [1.29, 1.82) is 0 Å². The monoisotopic (exact) mass is 617 g/mol. The lowest BCUT2D eigenvalue weighted by molar-refractivity contribution is 1.07. The minimum absolute atomic E-state index is 0.648. The van der Waals surface area contributed by atoms with Gasteiger partial charge >= 0.3 is 0 Å². The molecule has 0 fully saturated rings. The second-order valence-corrected chi connectivity index (χ2v) is 12.7. The van der Waals surface area contributed by atoms with Gasteiger partial charge in [-0.15, -0.1) is 11.3 Å². The number of aromatic nitrogens is 3. The molecule has 0 atom stereocenters. The van der Waals surface area contributed by atoms with Crippen molar-refractivity contribution in [2.75, 3.05) is 0 Å². The highest BCUT2D eigenvalue weighted by atomic mass is 32.1. The molecular weight excluding hydrogens is 591 g/mol. The summed E-state index contributed by atoms with van der Waals surface area (Å²) in [6.45, 7) is 0. The molecule has 9 rings (SSSR count). The Kier molecular flexibility index (Phi) is 6.65. The van der Waals surface area contributed by atoms with Crippen molar-refractivity contribution in [2.45, 2.75) is 0 Å². The third kappa shape index (κ3) is 4.96. The van der Waals surface area contributed by atoms with Gasteiger partial charge in [0.05, 0.1) is 0 Å². The van der Waals surface area contributed by atoms with E-state index < -0.39 is 0 Å². The van der Waals surface area contributed by atoms with E-state index in [4.69, 9.17) is 15.0 Å². The van der Waals surface area contributed by atoms with E-state index in [0.29, 0.717) is 17.5 Å². The van der Waals surface area contributed by atoms with Crippen molar-refractivity contribution in [1.82, 2.24) is 15.0 Å². The largest absolute Gasteiger partial charge is 0.208 e. The van der Waals surface area contributed by atoms with Crippen molar-refractivity contribution in [2.24, 2.45) is 0 Å². The van der Waals surface area contributed by atoms with Crippen LogP contribution in [0.25, 0.3) is 87.4 Å². The van der Waals surface area contributed by atoms with E-state index in [1.807, 2.05) is 47.7 Å². The highest BCUT2D eigenvalue weighted by molar-refractivity contribution is 7.26. The molecule has 47 heavy (non-hydrogen) atoms. The second kappa shape index (κ2) is 11.4. The standard InChI is InChI=1S/C43H27N3S/c1-3-11-28(12-4-1)29-21-23-31(24-22-29)42-44-41(30-13-5-2-6-14-30)45-43(46-42)33-16-9-15-32(27-33)34-18-10-19-37-35(34)25-26-38-36-17-7-8-20-39(36)47-40(37)38/h1-27H. The van der Waals surface area contributed by atoms with Gasteiger partial charge in [0.25, 0.3) is 0 Å². The minimum atomic E-state index is 0.648. The maximum atomic E-state index is 5.04. The van der Waals surface area contributed by atoms with E-state index in [9.17, 15) is 0 Å². The highest BCUT2D eigenvalue weighted by Crippen LogP contribution is 2.41. The summed E-state index contributed by atoms with van der Waals surface area (Å²) in [5, 5.41) is 5.14. The summed E-state index contributed by atoms with van der Waals surface area (Å²) < 4.78 is 2.64. The van der Waals surface area contributed by atoms with Gasteiger partial charge in [-0.25, -0.2) is 15.0 Å². The summed E-state index contributed by atoms with van der Waals surface area (Å²) in [6, 6.07) is 57.4. The van der Waals surface area contributed by atoms with Crippen LogP contribution in [0.1, 0.15) is 0 Å². The van der Waals surface area contributed by atoms with Crippen LogP contribution >= 0.6 is 11.3 Å². The third-order valence-electron chi connectivity index (χ3n) is 8.75. The molecule has 0 aliphatic rings. The summed E-state index contributed by atoms with van der Waals surface area (Å²) in [5.74, 6) is 1.95. The average molecular weight is 618 g/mol. The summed E-state index contributed by atoms with van der Waals surface area (Å²) in [5.41, 5.74) is 7.51. The lowest BCUT2D eigenvalue weighted by atomic mass is 9.96. The summed E-state index contributed by atoms with van der Waals surface area (Å²) >= 11 is 1.87. The molecule has 0 bridgehead atoms. The van der Waals surface area contributed by atoms with Crippen LogP contribution in [0.2, 0.25) is 0 Å². The Morgan fingerprint density at radius 1 is 0.319 bits per heavy atom. The van der Waals surface area contributed by atoms with Crippen molar-refractivity contribution >= 4 is 42.3 Å². The molecule has 0 amide bonds. The van der Waals surface area contributed by atoms with E-state index in [0.717, 1.165) is 27.8 Å². The minimum Gasteiger partial charge on any atom is -0.208 e. The van der Waals surface area contributed by atoms with Crippen LogP contribution in [0.3, 0.4) is 0 Å². The number of benzene rings is 7. The Bertz CT molecular complexity index is 2550. The third-order valence-corrected chi connectivity index (χ3v) is 9.97. The van der Waals surface area contributed by atoms with E-state index in [1.54, 1.807) is 0 Å². The molecule has 0 unspecified atom stereocenters. The van der Waals surface area contributed by atoms with Gasteiger partial charge < -0.3 is 0 Å². The molecule has 0 aliphatic heterocycles. The first-order valence-corrected chi connectivity index (χ1v) is 16.5. The van der Waals surface area contributed by atoms with E-state index in [2.05, 4.69) is 127 Å². The second-order valence-electron chi connectivity index (χ2n) is 11.6. The van der Waals surface area contributed by atoms with Gasteiger partial charge in [-0.05, 0) is 39.8 Å². The Morgan fingerprint density at radius 3 is 1.57 bits per heavy atom. The van der Waals surface area contributed by atoms with Crippen LogP contribution in [-0.4, -0.2) is 15.0 Å². The Morgan fingerprint density at radius 2 is 0.809 bits per heavy atom. The zero-order valence-electron chi connectivity index (χ0n) is 25.3. The number of hydrogen-bond acceptors (Lipinski definition) is 4. The van der Waals surface area contributed by atoms with Crippen LogP contribution in [-0.2, 0) is 0 Å². The molecule has 0 aliphatic carbocycles. The van der Waals surface area contributed by atoms with Crippen molar-refractivity contribution in [3.63, 3.8) is 0 Å². The predicted molar refractivity (Wildman–Crippen MR) is 197 cm³/mol. The van der Waals surface area contributed by atoms with Crippen molar-refractivity contribution < 1.29 is 0 Å². The average Bonchev–Trinajstić information content (AvgIpc) is 3.55. The smallest absolute Gasteiger partial charge is 0.164 e. The van der Waals surface area contributed by atoms with Crippen LogP contribution in [0.5, 0.6) is 0 Å². The summed E-state index contributed by atoms with van der Waals surface area (Å²) in [4.78, 5) is 15.0. The molecule has 9 aromatic rings. The van der Waals surface area contributed by atoms with Crippen LogP contribution in [0, 0.1) is 0 Å². The van der Waals surface area contributed by atoms with Crippen molar-refractivity contribution in [3.05, 3.63) is 164 Å². The van der Waals surface area contributed by atoms with Crippen molar-refractivity contribution in [3.8, 4) is 56.4 Å². The quantitative estimate of drug-likeness (QED) is 0.193. The van der Waals surface area contributed by atoms with E-state index in [-0.39, 0.29) is 0 Å². The summed E-state index contributed by atoms with van der Waals surface area (Å²) in [7, 11) is 0. The molecule has 4 heteroatoms. The molecule has 0 radical (unpaired) electrons. The topological polar surface area (TPSA) is 38.7 Å². The first-order chi connectivity index (χ1) is 23.3. The first-order valence-electron chi connectivity index (χ1n) is 15.7. The zero-order valence-corrected chi connectivity index (χ0v) is 26.2. The molecule has 220 valence electrons. The predicted octanol–water partition coefficient (Wildman–Crippen LogP) is 11.7. The molecule has 0 saturated carbocycles. The Hall–Kier alpha value is -5.97. The maximum absolute atomic E-state index is 5.04. The van der Waals surface area contributed by atoms with Crippen LogP contribution in [0.4, 0.5) is 0 Å². The fourth-order valence-corrected chi connectivity index (χ4v) is 7.64. The number of fused-ring (bicyclic) bond motifs is 5. The van der Waals surface area contributed by atoms with Gasteiger partial charge in [0.2, 0.25) is 0 Å². The lowest BCUT2D eigenvalue weighted by Crippen LogP contribution is -2.00. The van der Waals surface area contributed by atoms with Gasteiger partial charge in [-0.3, -0.25) is 0 Å². The van der Waals surface area contributed by atoms with Gasteiger partial charge in [0.15, 0.2) is 17.5 Å². The molecule has 0 spiro atoms. The molecule has 7 aromatic carbocycles. The van der Waals surface area contributed by atoms with Crippen LogP contribution in [0.15, 0.2) is 164 Å². The molecular formula is C43H27N3S. The van der Waals surface area contributed by atoms with E-state index >= 15 is 0 Å². The number of rotatable bonds is 5. The molecule has 3 nitrogen and oxygen atoms in total.